The van der Waals surface area contributed by atoms with Crippen LogP contribution in [0, 0.1) is 0 Å². The molecule has 1 aromatic rings. The van der Waals surface area contributed by atoms with Crippen molar-refractivity contribution >= 4 is 11.6 Å². The topological polar surface area (TPSA) is 58.4 Å². The Morgan fingerprint density at radius 2 is 2.20 bits per heavy atom. The molecule has 0 radical (unpaired) electrons. The van der Waals surface area contributed by atoms with E-state index in [1.165, 1.54) is 0 Å². The summed E-state index contributed by atoms with van der Waals surface area (Å²) in [6, 6.07) is 5.87. The lowest BCUT2D eigenvalue weighted by Crippen LogP contribution is -2.27. The number of anilines is 1. The monoisotopic (exact) mass is 205 g/mol. The maximum Gasteiger partial charge on any atom is 0.228 e. The van der Waals surface area contributed by atoms with Crippen LogP contribution >= 0.6 is 0 Å². The van der Waals surface area contributed by atoms with Crippen LogP contribution in [-0.4, -0.2) is 24.9 Å². The van der Waals surface area contributed by atoms with Gasteiger partial charge in [-0.25, -0.2) is 0 Å². The molecule has 0 bridgehead atoms. The largest absolute Gasteiger partial charge is 0.326 e. The lowest BCUT2D eigenvalue weighted by atomic mass is 10.1. The first-order chi connectivity index (χ1) is 7.08. The third-order valence-corrected chi connectivity index (χ3v) is 2.65. The minimum absolute atomic E-state index is 0.0561. The van der Waals surface area contributed by atoms with Crippen molar-refractivity contribution in [3.05, 3.63) is 29.3 Å². The highest BCUT2D eigenvalue weighted by Gasteiger charge is 2.19. The van der Waals surface area contributed by atoms with Gasteiger partial charge in [0.2, 0.25) is 5.91 Å². The molecule has 1 aliphatic heterocycles. The summed E-state index contributed by atoms with van der Waals surface area (Å²) < 4.78 is 0. The van der Waals surface area contributed by atoms with Gasteiger partial charge in [0.15, 0.2) is 0 Å². The van der Waals surface area contributed by atoms with E-state index in [4.69, 9.17) is 5.73 Å². The van der Waals surface area contributed by atoms with Crippen LogP contribution in [0.1, 0.15) is 17.3 Å². The normalized spacial score (nSPS) is 16.4. The van der Waals surface area contributed by atoms with E-state index in [0.29, 0.717) is 6.42 Å². The van der Waals surface area contributed by atoms with Crippen molar-refractivity contribution in [3.8, 4) is 0 Å². The van der Waals surface area contributed by atoms with Gasteiger partial charge in [0.25, 0.3) is 0 Å². The Hall–Kier alpha value is -1.39. The number of fused-ring (bicyclic) bond motifs is 1. The van der Waals surface area contributed by atoms with Gasteiger partial charge in [0.05, 0.1) is 12.6 Å². The summed E-state index contributed by atoms with van der Waals surface area (Å²) in [5.74, 6) is 0.0561. The van der Waals surface area contributed by atoms with E-state index in [9.17, 15) is 4.79 Å². The molecule has 2 rings (SSSR count). The van der Waals surface area contributed by atoms with Gasteiger partial charge in [-0.2, -0.15) is 0 Å². The number of nitrogens with zero attached hydrogens (tertiary/aromatic N) is 1. The number of rotatable bonds is 2. The zero-order valence-electron chi connectivity index (χ0n) is 8.95. The summed E-state index contributed by atoms with van der Waals surface area (Å²) >= 11 is 0. The highest BCUT2D eigenvalue weighted by molar-refractivity contribution is 5.99. The molecule has 3 N–H and O–H groups in total. The quantitative estimate of drug-likeness (QED) is 0.699. The molecule has 80 valence electrons. The van der Waals surface area contributed by atoms with Gasteiger partial charge in [-0.15, -0.1) is 0 Å². The number of carbonyl (C=O) groups excluding carboxylic acids is 1. The highest BCUT2D eigenvalue weighted by atomic mass is 16.1. The summed E-state index contributed by atoms with van der Waals surface area (Å²) in [6.45, 7) is 0. The molecule has 4 heteroatoms. The molecule has 0 fully saturated rings. The Morgan fingerprint density at radius 3 is 2.87 bits per heavy atom. The molecule has 0 saturated carbocycles. The Bertz CT molecular complexity index is 401. The predicted octanol–water partition coefficient (Wildman–Crippen LogP) is 0.700. The van der Waals surface area contributed by atoms with Crippen LogP contribution in [0.5, 0.6) is 0 Å². The first kappa shape index (κ1) is 10.1. The van der Waals surface area contributed by atoms with Gasteiger partial charge < -0.3 is 11.1 Å². The van der Waals surface area contributed by atoms with Crippen LogP contribution in [-0.2, 0) is 11.2 Å². The van der Waals surface area contributed by atoms with Gasteiger partial charge in [-0.3, -0.25) is 9.69 Å². The Morgan fingerprint density at radius 1 is 1.47 bits per heavy atom. The molecule has 4 nitrogen and oxygen atoms in total. The second-order valence-corrected chi connectivity index (χ2v) is 4.05. The van der Waals surface area contributed by atoms with Crippen molar-refractivity contribution in [1.29, 1.82) is 0 Å². The van der Waals surface area contributed by atoms with E-state index in [-0.39, 0.29) is 12.1 Å². The van der Waals surface area contributed by atoms with Crippen LogP contribution in [0.3, 0.4) is 0 Å². The molecule has 0 aromatic heterocycles. The van der Waals surface area contributed by atoms with E-state index in [1.807, 2.05) is 37.2 Å². The fourth-order valence-corrected chi connectivity index (χ4v) is 1.73. The standard InChI is InChI=1S/C11H15N3O/c1-14(2)11(12)7-3-4-9-8(5-7)6-10(15)13-9/h3-5,11H,6,12H2,1-2H3,(H,13,15). The van der Waals surface area contributed by atoms with E-state index in [0.717, 1.165) is 16.8 Å². The number of hydrogen-bond acceptors (Lipinski definition) is 3. The molecule has 1 aliphatic rings. The van der Waals surface area contributed by atoms with Crippen molar-refractivity contribution in [1.82, 2.24) is 4.90 Å². The molecule has 0 spiro atoms. The zero-order valence-corrected chi connectivity index (χ0v) is 8.95. The molecule has 1 unspecified atom stereocenters. The Kier molecular flexibility index (Phi) is 2.46. The fraction of sp³-hybridized carbons (Fsp3) is 0.364. The number of amides is 1. The smallest absolute Gasteiger partial charge is 0.228 e. The summed E-state index contributed by atoms with van der Waals surface area (Å²) in [7, 11) is 3.86. The Labute approximate surface area is 89.1 Å². The second kappa shape index (κ2) is 3.64. The van der Waals surface area contributed by atoms with Crippen molar-refractivity contribution in [2.45, 2.75) is 12.6 Å². The van der Waals surface area contributed by atoms with E-state index < -0.39 is 0 Å². The number of hydrogen-bond donors (Lipinski definition) is 2. The van der Waals surface area contributed by atoms with E-state index >= 15 is 0 Å². The van der Waals surface area contributed by atoms with E-state index in [1.54, 1.807) is 0 Å². The second-order valence-electron chi connectivity index (χ2n) is 4.05. The van der Waals surface area contributed by atoms with Crippen LogP contribution in [0.2, 0.25) is 0 Å². The first-order valence-electron chi connectivity index (χ1n) is 4.92. The third-order valence-electron chi connectivity index (χ3n) is 2.65. The summed E-state index contributed by atoms with van der Waals surface area (Å²) in [5.41, 5.74) is 8.97. The van der Waals surface area contributed by atoms with Crippen molar-refractivity contribution in [2.75, 3.05) is 19.4 Å². The van der Waals surface area contributed by atoms with Crippen LogP contribution in [0.15, 0.2) is 18.2 Å². The molecule has 0 aliphatic carbocycles. The molecular weight excluding hydrogens is 190 g/mol. The minimum Gasteiger partial charge on any atom is -0.326 e. The van der Waals surface area contributed by atoms with Crippen molar-refractivity contribution in [2.24, 2.45) is 5.73 Å². The summed E-state index contributed by atoms with van der Waals surface area (Å²) in [5, 5.41) is 2.80. The average Bonchev–Trinajstić information content (AvgIpc) is 2.55. The molecule has 0 saturated heterocycles. The van der Waals surface area contributed by atoms with Gasteiger partial charge in [0, 0.05) is 5.69 Å². The molecule has 1 heterocycles. The van der Waals surface area contributed by atoms with Crippen molar-refractivity contribution in [3.63, 3.8) is 0 Å². The molecule has 1 amide bonds. The van der Waals surface area contributed by atoms with Crippen LogP contribution in [0.4, 0.5) is 5.69 Å². The first-order valence-corrected chi connectivity index (χ1v) is 4.92. The molecular formula is C11H15N3O. The lowest BCUT2D eigenvalue weighted by molar-refractivity contribution is -0.115. The zero-order chi connectivity index (χ0) is 11.0. The SMILES string of the molecule is CN(C)C(N)c1ccc2c(c1)CC(=O)N2. The minimum atomic E-state index is -0.119. The number of nitrogens with one attached hydrogen (secondary N) is 1. The van der Waals surface area contributed by atoms with E-state index in [2.05, 4.69) is 5.32 Å². The molecule has 1 atom stereocenters. The molecule has 15 heavy (non-hydrogen) atoms. The third kappa shape index (κ3) is 1.86. The van der Waals surface area contributed by atoms with Gasteiger partial charge >= 0.3 is 0 Å². The Balaban J connectivity index is 2.31. The number of nitrogens with two attached hydrogens (primary N) is 1. The number of carbonyl (C=O) groups is 1. The fourth-order valence-electron chi connectivity index (χ4n) is 1.73. The maximum atomic E-state index is 11.2. The van der Waals surface area contributed by atoms with Gasteiger partial charge in [-0.05, 0) is 31.3 Å². The van der Waals surface area contributed by atoms with Crippen LogP contribution in [0.25, 0.3) is 0 Å². The van der Waals surface area contributed by atoms with Gasteiger partial charge in [-0.1, -0.05) is 12.1 Å². The lowest BCUT2D eigenvalue weighted by Gasteiger charge is -2.20. The average molecular weight is 205 g/mol. The summed E-state index contributed by atoms with van der Waals surface area (Å²) in [4.78, 5) is 13.1. The van der Waals surface area contributed by atoms with Crippen molar-refractivity contribution < 1.29 is 4.79 Å². The van der Waals surface area contributed by atoms with Gasteiger partial charge in [0.1, 0.15) is 0 Å². The molecule has 1 aromatic carbocycles. The highest BCUT2D eigenvalue weighted by Crippen LogP contribution is 2.26. The summed E-state index contributed by atoms with van der Waals surface area (Å²) in [6.07, 6.45) is 0.342. The van der Waals surface area contributed by atoms with Crippen LogP contribution < -0.4 is 11.1 Å². The maximum absolute atomic E-state index is 11.2. The predicted molar refractivity (Wildman–Crippen MR) is 59.4 cm³/mol. The number of benzene rings is 1.